The number of hydrogen-bond acceptors (Lipinski definition) is 7. The highest BCUT2D eigenvalue weighted by molar-refractivity contribution is 14.1. The van der Waals surface area contributed by atoms with Gasteiger partial charge in [-0.15, -0.1) is 0 Å². The molecular weight excluding hydrogens is 523 g/mol. The molecule has 30 heavy (non-hydrogen) atoms. The number of rotatable bonds is 7. The molecule has 0 aliphatic carbocycles. The van der Waals surface area contributed by atoms with E-state index in [2.05, 4.69) is 4.99 Å². The van der Waals surface area contributed by atoms with E-state index in [0.29, 0.717) is 14.8 Å². The number of hydrogen-bond donors (Lipinski definition) is 0. The standard InChI is InChI=1S/C20H15IN2O6S/c1-28-19-12-14(13-22-15-7-9-16(10-8-15)23(24)25)11-18(21)20(19)29-30(26,27)17-5-3-2-4-6-17/h2-13H,1H3. The highest BCUT2D eigenvalue weighted by atomic mass is 127. The van der Waals surface area contributed by atoms with Gasteiger partial charge in [-0.25, -0.2) is 0 Å². The van der Waals surface area contributed by atoms with Crippen molar-refractivity contribution in [1.82, 2.24) is 0 Å². The van der Waals surface area contributed by atoms with Crippen LogP contribution in [0.4, 0.5) is 11.4 Å². The van der Waals surface area contributed by atoms with Crippen LogP contribution in [0, 0.1) is 13.7 Å². The van der Waals surface area contributed by atoms with E-state index < -0.39 is 15.0 Å². The summed E-state index contributed by atoms with van der Waals surface area (Å²) in [7, 11) is -2.61. The van der Waals surface area contributed by atoms with Crippen LogP contribution in [0.5, 0.6) is 11.5 Å². The second-order valence-corrected chi connectivity index (χ2v) is 8.62. The Labute approximate surface area is 186 Å². The predicted molar refractivity (Wildman–Crippen MR) is 120 cm³/mol. The van der Waals surface area contributed by atoms with Gasteiger partial charge in [-0.1, -0.05) is 18.2 Å². The van der Waals surface area contributed by atoms with Crippen LogP contribution in [-0.4, -0.2) is 26.7 Å². The summed E-state index contributed by atoms with van der Waals surface area (Å²) in [6.45, 7) is 0. The fraction of sp³-hybridized carbons (Fsp3) is 0.0500. The van der Waals surface area contributed by atoms with Gasteiger partial charge in [0.15, 0.2) is 11.5 Å². The minimum atomic E-state index is -4.02. The van der Waals surface area contributed by atoms with Crippen molar-refractivity contribution in [3.8, 4) is 11.5 Å². The summed E-state index contributed by atoms with van der Waals surface area (Å²) in [5.41, 5.74) is 1.15. The van der Waals surface area contributed by atoms with E-state index in [1.165, 1.54) is 43.5 Å². The first-order valence-corrected chi connectivity index (χ1v) is 10.9. The maximum Gasteiger partial charge on any atom is 0.339 e. The van der Waals surface area contributed by atoms with Gasteiger partial charge in [0.05, 0.1) is 21.3 Å². The van der Waals surface area contributed by atoms with E-state index in [0.717, 1.165) is 0 Å². The molecule has 0 bridgehead atoms. The number of benzene rings is 3. The molecule has 0 atom stereocenters. The Balaban J connectivity index is 1.88. The third kappa shape index (κ3) is 5.13. The van der Waals surface area contributed by atoms with Crippen molar-refractivity contribution in [1.29, 1.82) is 0 Å². The van der Waals surface area contributed by atoms with Crippen LogP contribution in [0.15, 0.2) is 76.6 Å². The van der Waals surface area contributed by atoms with Gasteiger partial charge in [-0.2, -0.15) is 8.42 Å². The first-order chi connectivity index (χ1) is 14.3. The number of halogens is 1. The topological polar surface area (TPSA) is 108 Å². The Morgan fingerprint density at radius 3 is 2.33 bits per heavy atom. The number of aliphatic imine (C=N–C) groups is 1. The Morgan fingerprint density at radius 2 is 1.73 bits per heavy atom. The highest BCUT2D eigenvalue weighted by Gasteiger charge is 2.21. The van der Waals surface area contributed by atoms with Crippen LogP contribution in [0.25, 0.3) is 0 Å². The van der Waals surface area contributed by atoms with Crippen molar-refractivity contribution in [2.45, 2.75) is 4.90 Å². The van der Waals surface area contributed by atoms with Gasteiger partial charge in [0, 0.05) is 18.3 Å². The summed E-state index contributed by atoms with van der Waals surface area (Å²) in [5, 5.41) is 10.7. The van der Waals surface area contributed by atoms with Crippen LogP contribution < -0.4 is 8.92 Å². The number of nitro groups is 1. The van der Waals surface area contributed by atoms with Crippen LogP contribution in [0.1, 0.15) is 5.56 Å². The van der Waals surface area contributed by atoms with Crippen LogP contribution in [-0.2, 0) is 10.1 Å². The van der Waals surface area contributed by atoms with Crippen LogP contribution in [0.3, 0.4) is 0 Å². The van der Waals surface area contributed by atoms with Crippen molar-refractivity contribution in [2.75, 3.05) is 7.11 Å². The number of nitrogens with zero attached hydrogens (tertiary/aromatic N) is 2. The zero-order valence-corrected chi connectivity index (χ0v) is 18.5. The largest absolute Gasteiger partial charge is 0.493 e. The van der Waals surface area contributed by atoms with Crippen molar-refractivity contribution >= 4 is 50.3 Å². The third-order valence-electron chi connectivity index (χ3n) is 3.90. The summed E-state index contributed by atoms with van der Waals surface area (Å²) < 4.78 is 36.2. The molecule has 154 valence electrons. The molecule has 10 heteroatoms. The summed E-state index contributed by atoms with van der Waals surface area (Å²) in [4.78, 5) is 14.5. The van der Waals surface area contributed by atoms with E-state index in [1.54, 1.807) is 36.5 Å². The number of methoxy groups -OCH3 is 1. The second kappa shape index (κ2) is 9.22. The molecule has 3 rings (SSSR count). The zero-order chi connectivity index (χ0) is 21.7. The smallest absolute Gasteiger partial charge is 0.339 e. The molecule has 3 aromatic rings. The highest BCUT2D eigenvalue weighted by Crippen LogP contribution is 2.35. The van der Waals surface area contributed by atoms with E-state index in [1.807, 2.05) is 22.6 Å². The number of non-ortho nitro benzene ring substituents is 1. The Bertz CT molecular complexity index is 1200. The summed E-state index contributed by atoms with van der Waals surface area (Å²) >= 11 is 1.95. The van der Waals surface area contributed by atoms with Crippen molar-refractivity contribution in [2.24, 2.45) is 4.99 Å². The van der Waals surface area contributed by atoms with Gasteiger partial charge >= 0.3 is 10.1 Å². The van der Waals surface area contributed by atoms with E-state index in [-0.39, 0.29) is 22.1 Å². The molecule has 0 fully saturated rings. The Kier molecular flexibility index (Phi) is 6.67. The quantitative estimate of drug-likeness (QED) is 0.142. The molecule has 0 saturated heterocycles. The average molecular weight is 538 g/mol. The van der Waals surface area contributed by atoms with Crippen LogP contribution in [0.2, 0.25) is 0 Å². The lowest BCUT2D eigenvalue weighted by Crippen LogP contribution is -2.11. The molecule has 0 N–H and O–H groups in total. The fourth-order valence-corrected chi connectivity index (χ4v) is 4.31. The van der Waals surface area contributed by atoms with E-state index in [4.69, 9.17) is 8.92 Å². The minimum Gasteiger partial charge on any atom is -0.493 e. The van der Waals surface area contributed by atoms with Gasteiger partial charge in [0.1, 0.15) is 4.90 Å². The molecule has 0 heterocycles. The summed E-state index contributed by atoms with van der Waals surface area (Å²) in [6, 6.07) is 16.9. The third-order valence-corrected chi connectivity index (χ3v) is 5.94. The predicted octanol–water partition coefficient (Wildman–Crippen LogP) is 4.73. The lowest BCUT2D eigenvalue weighted by molar-refractivity contribution is -0.384. The normalized spacial score (nSPS) is 11.4. The van der Waals surface area contributed by atoms with Crippen molar-refractivity contribution in [3.63, 3.8) is 0 Å². The molecule has 0 radical (unpaired) electrons. The van der Waals surface area contributed by atoms with E-state index >= 15 is 0 Å². The molecule has 0 saturated carbocycles. The molecule has 0 aliphatic heterocycles. The molecule has 8 nitrogen and oxygen atoms in total. The lowest BCUT2D eigenvalue weighted by atomic mass is 10.2. The first-order valence-electron chi connectivity index (χ1n) is 8.46. The zero-order valence-electron chi connectivity index (χ0n) is 15.6. The maximum absolute atomic E-state index is 12.5. The van der Waals surface area contributed by atoms with Crippen LogP contribution >= 0.6 is 22.6 Å². The Hall–Kier alpha value is -2.99. The molecular formula is C20H15IN2O6S. The van der Waals surface area contributed by atoms with Crippen molar-refractivity contribution in [3.05, 3.63) is 86.0 Å². The summed E-state index contributed by atoms with van der Waals surface area (Å²) in [6.07, 6.45) is 1.54. The summed E-state index contributed by atoms with van der Waals surface area (Å²) in [5.74, 6) is 0.306. The molecule has 0 spiro atoms. The van der Waals surface area contributed by atoms with Gasteiger partial charge in [-0.05, 0) is 64.6 Å². The monoisotopic (exact) mass is 538 g/mol. The molecule has 0 aromatic heterocycles. The fourth-order valence-electron chi connectivity index (χ4n) is 2.45. The second-order valence-electron chi connectivity index (χ2n) is 5.92. The van der Waals surface area contributed by atoms with Gasteiger partial charge < -0.3 is 8.92 Å². The van der Waals surface area contributed by atoms with E-state index in [9.17, 15) is 18.5 Å². The van der Waals surface area contributed by atoms with Crippen molar-refractivity contribution < 1.29 is 22.3 Å². The van der Waals surface area contributed by atoms with Gasteiger partial charge in [0.2, 0.25) is 0 Å². The average Bonchev–Trinajstić information content (AvgIpc) is 2.74. The maximum atomic E-state index is 12.5. The molecule has 0 unspecified atom stereocenters. The lowest BCUT2D eigenvalue weighted by Gasteiger charge is -2.13. The number of ether oxygens (including phenoxy) is 1. The minimum absolute atomic E-state index is 0.0219. The SMILES string of the molecule is COc1cc(C=Nc2ccc([N+](=O)[O-])cc2)cc(I)c1OS(=O)(=O)c1ccccc1. The molecule has 0 aliphatic rings. The molecule has 0 amide bonds. The first kappa shape index (κ1) is 21.7. The Morgan fingerprint density at radius 1 is 1.07 bits per heavy atom. The number of nitro benzene ring substituents is 1. The van der Waals surface area contributed by atoms with Gasteiger partial charge in [0.25, 0.3) is 5.69 Å². The van der Waals surface area contributed by atoms with Gasteiger partial charge in [-0.3, -0.25) is 15.1 Å². The molecule has 3 aromatic carbocycles.